The van der Waals surface area contributed by atoms with Gasteiger partial charge in [-0.05, 0) is 68.8 Å². The average molecular weight is 716 g/mol. The quantitative estimate of drug-likeness (QED) is 0.222. The molecule has 0 saturated carbocycles. The number of likely N-dealkylation sites (N-methyl/N-ethyl adjacent to an activating group) is 1. The van der Waals surface area contributed by atoms with E-state index in [0.29, 0.717) is 24.2 Å². The van der Waals surface area contributed by atoms with Crippen molar-refractivity contribution in [1.29, 1.82) is 5.26 Å². The van der Waals surface area contributed by atoms with Gasteiger partial charge in [0.2, 0.25) is 5.88 Å². The van der Waals surface area contributed by atoms with Crippen LogP contribution in [0.25, 0.3) is 32.2 Å². The molecule has 2 saturated heterocycles. The number of thiophene rings is 1. The van der Waals surface area contributed by atoms with Crippen LogP contribution >= 0.6 is 11.3 Å². The summed E-state index contributed by atoms with van der Waals surface area (Å²) in [7, 11) is 3.27. The van der Waals surface area contributed by atoms with Gasteiger partial charge < -0.3 is 25.8 Å². The van der Waals surface area contributed by atoms with E-state index in [-0.39, 0.29) is 73.3 Å². The second-order valence-corrected chi connectivity index (χ2v) is 14.5. The Balaban J connectivity index is 0.000000359. The number of anilines is 3. The van der Waals surface area contributed by atoms with Crippen LogP contribution in [-0.2, 0) is 6.42 Å². The SMILES string of the molecule is COc1nc2c3c(nc(-c4ccc(F)c5sc(N)c(C#N)c45)c(F)c3n1)OCC(C1CCCc3ccnc(N)c31)N2C.FC1CC2CCCN2C1. The number of alkyl halides is 1. The summed E-state index contributed by atoms with van der Waals surface area (Å²) in [4.78, 5) is 22.1. The molecule has 4 aromatic heterocycles. The number of fused-ring (bicyclic) bond motifs is 3. The number of benzene rings is 1. The Bertz CT molecular complexity index is 2210. The summed E-state index contributed by atoms with van der Waals surface area (Å²) in [6.07, 6.45) is 7.25. The second-order valence-electron chi connectivity index (χ2n) is 13.5. The van der Waals surface area contributed by atoms with E-state index < -0.39 is 17.8 Å². The summed E-state index contributed by atoms with van der Waals surface area (Å²) >= 11 is 0.924. The van der Waals surface area contributed by atoms with Gasteiger partial charge in [0.05, 0.1) is 23.4 Å². The highest BCUT2D eigenvalue weighted by Gasteiger charge is 2.38. The van der Waals surface area contributed by atoms with Crippen LogP contribution < -0.4 is 25.8 Å². The second kappa shape index (κ2) is 13.0. The highest BCUT2D eigenvalue weighted by molar-refractivity contribution is 7.23. The first kappa shape index (κ1) is 33.2. The lowest BCUT2D eigenvalue weighted by Crippen LogP contribution is -2.42. The molecule has 51 heavy (non-hydrogen) atoms. The van der Waals surface area contributed by atoms with Crippen molar-refractivity contribution in [2.45, 2.75) is 62.7 Å². The smallest absolute Gasteiger partial charge is 0.318 e. The van der Waals surface area contributed by atoms with Crippen molar-refractivity contribution in [3.8, 4) is 29.2 Å². The number of methoxy groups -OCH3 is 1. The molecule has 9 rings (SSSR count). The number of hydrogen-bond acceptors (Lipinski definition) is 12. The largest absolute Gasteiger partial charge is 0.475 e. The maximum absolute atomic E-state index is 16.5. The highest BCUT2D eigenvalue weighted by atomic mass is 32.1. The molecule has 4 atom stereocenters. The van der Waals surface area contributed by atoms with Crippen LogP contribution in [0.3, 0.4) is 0 Å². The van der Waals surface area contributed by atoms with Crippen LogP contribution in [0, 0.1) is 23.0 Å². The molecule has 4 N–H and O–H groups in total. The van der Waals surface area contributed by atoms with Crippen molar-refractivity contribution in [2.75, 3.05) is 50.2 Å². The molecule has 4 aliphatic rings. The van der Waals surface area contributed by atoms with Gasteiger partial charge in [0.25, 0.3) is 0 Å². The zero-order valence-electron chi connectivity index (χ0n) is 28.1. The van der Waals surface area contributed by atoms with Crippen molar-refractivity contribution in [3.05, 3.63) is 52.7 Å². The van der Waals surface area contributed by atoms with Crippen LogP contribution in [0.1, 0.15) is 54.7 Å². The molecule has 15 heteroatoms. The Kier molecular flexibility index (Phi) is 8.46. The lowest BCUT2D eigenvalue weighted by molar-refractivity contribution is 0.256. The molecule has 0 amide bonds. The summed E-state index contributed by atoms with van der Waals surface area (Å²) in [6.45, 7) is 2.05. The number of nitrogen functional groups attached to an aromatic ring is 2. The van der Waals surface area contributed by atoms with E-state index in [1.54, 1.807) is 6.20 Å². The van der Waals surface area contributed by atoms with Gasteiger partial charge in [-0.2, -0.15) is 15.2 Å². The lowest BCUT2D eigenvalue weighted by Gasteiger charge is -2.37. The van der Waals surface area contributed by atoms with Crippen molar-refractivity contribution in [2.24, 2.45) is 0 Å². The fourth-order valence-electron chi connectivity index (χ4n) is 8.30. The number of ether oxygens (including phenoxy) is 2. The monoisotopic (exact) mass is 715 g/mol. The fourth-order valence-corrected chi connectivity index (χ4v) is 9.24. The molecule has 1 aliphatic carbocycles. The Morgan fingerprint density at radius 3 is 2.73 bits per heavy atom. The maximum Gasteiger partial charge on any atom is 0.318 e. The molecule has 264 valence electrons. The highest BCUT2D eigenvalue weighted by Crippen LogP contribution is 2.47. The van der Waals surface area contributed by atoms with Crippen LogP contribution in [-0.4, -0.2) is 76.9 Å². The summed E-state index contributed by atoms with van der Waals surface area (Å²) in [5.41, 5.74) is 14.6. The molecule has 1 aromatic carbocycles. The van der Waals surface area contributed by atoms with Gasteiger partial charge in [-0.3, -0.25) is 4.90 Å². The maximum atomic E-state index is 16.5. The van der Waals surface area contributed by atoms with Gasteiger partial charge in [-0.25, -0.2) is 23.1 Å². The first-order valence-corrected chi connectivity index (χ1v) is 17.8. The van der Waals surface area contributed by atoms with Crippen LogP contribution in [0.2, 0.25) is 0 Å². The number of nitrogens with zero attached hydrogens (tertiary/aromatic N) is 7. The number of aromatic nitrogens is 4. The van der Waals surface area contributed by atoms with Crippen molar-refractivity contribution < 1.29 is 22.6 Å². The molecule has 2 fully saturated rings. The normalized spacial score (nSPS) is 22.5. The van der Waals surface area contributed by atoms with E-state index in [4.69, 9.17) is 20.9 Å². The van der Waals surface area contributed by atoms with E-state index in [0.717, 1.165) is 54.7 Å². The Morgan fingerprint density at radius 1 is 1.10 bits per heavy atom. The number of hydrogen-bond donors (Lipinski definition) is 2. The molecule has 7 heterocycles. The molecule has 0 radical (unpaired) electrons. The van der Waals surface area contributed by atoms with E-state index in [1.165, 1.54) is 32.1 Å². The van der Waals surface area contributed by atoms with Gasteiger partial charge in [0.1, 0.15) is 57.9 Å². The third kappa shape index (κ3) is 5.52. The molecule has 4 unspecified atom stereocenters. The summed E-state index contributed by atoms with van der Waals surface area (Å²) in [5.74, 6) is -0.408. The number of rotatable bonds is 3. The zero-order chi connectivity index (χ0) is 35.6. The van der Waals surface area contributed by atoms with Gasteiger partial charge in [0.15, 0.2) is 5.82 Å². The Hall–Kier alpha value is -4.94. The van der Waals surface area contributed by atoms with Crippen molar-refractivity contribution >= 4 is 49.0 Å². The van der Waals surface area contributed by atoms with Crippen LogP contribution in [0.5, 0.6) is 11.9 Å². The molecule has 5 aromatic rings. The van der Waals surface area contributed by atoms with E-state index in [1.807, 2.05) is 24.1 Å². The molecule has 3 aliphatic heterocycles. The summed E-state index contributed by atoms with van der Waals surface area (Å²) in [6, 6.07) is 6.92. The Morgan fingerprint density at radius 2 is 1.94 bits per heavy atom. The first-order valence-electron chi connectivity index (χ1n) is 17.0. The standard InChI is InChI=1S/C29H24F2N8O2S.C7H12FN/c1-39-17(13-5-3-4-12-8-9-35-25(33)18(12)13)11-41-28-20-23(37-29(40-2)38-27(20)39)21(31)22(36-28)14-6-7-16(30)24-19(14)15(10-32)26(34)42-24;8-6-4-7-2-1-3-9(7)5-6/h6-9,13,17H,3-5,11,34H2,1-2H3,(H2,33,35);6-7H,1-5H2. The molecule has 0 spiro atoms. The molecule has 11 nitrogen and oxygen atoms in total. The van der Waals surface area contributed by atoms with E-state index in [2.05, 4.69) is 24.8 Å². The number of halogens is 3. The van der Waals surface area contributed by atoms with E-state index in [9.17, 15) is 14.0 Å². The Labute approximate surface area is 296 Å². The fraction of sp³-hybridized carbons (Fsp3) is 0.417. The third-order valence-electron chi connectivity index (χ3n) is 10.7. The minimum atomic E-state index is -0.788. The zero-order valence-corrected chi connectivity index (χ0v) is 28.9. The van der Waals surface area contributed by atoms with Gasteiger partial charge in [-0.15, -0.1) is 11.3 Å². The molecule has 0 bridgehead atoms. The predicted octanol–water partition coefficient (Wildman–Crippen LogP) is 6.13. The van der Waals surface area contributed by atoms with Gasteiger partial charge in [-0.1, -0.05) is 0 Å². The number of pyridine rings is 2. The minimum absolute atomic E-state index is 0.0363. The predicted molar refractivity (Wildman–Crippen MR) is 190 cm³/mol. The van der Waals surface area contributed by atoms with Crippen molar-refractivity contribution in [3.63, 3.8) is 0 Å². The topological polar surface area (TPSA) is 152 Å². The molecular formula is C36H36F3N9O2S. The minimum Gasteiger partial charge on any atom is -0.475 e. The molecular weight excluding hydrogens is 680 g/mol. The number of nitrogens with two attached hydrogens (primary N) is 2. The first-order chi connectivity index (χ1) is 24.7. The average Bonchev–Trinajstić information content (AvgIpc) is 3.79. The lowest BCUT2D eigenvalue weighted by atomic mass is 9.78. The van der Waals surface area contributed by atoms with Crippen molar-refractivity contribution in [1.82, 2.24) is 24.8 Å². The van der Waals surface area contributed by atoms with Crippen LogP contribution in [0.4, 0.5) is 29.8 Å². The van der Waals surface area contributed by atoms with E-state index >= 15 is 4.39 Å². The van der Waals surface area contributed by atoms with Gasteiger partial charge >= 0.3 is 6.01 Å². The number of aryl methyl sites for hydroxylation is 1. The third-order valence-corrected chi connectivity index (χ3v) is 11.7. The van der Waals surface area contributed by atoms with Gasteiger partial charge in [0, 0.05) is 48.3 Å². The number of nitriles is 1. The summed E-state index contributed by atoms with van der Waals surface area (Å²) < 4.78 is 55.7. The van der Waals surface area contributed by atoms with Crippen LogP contribution in [0.15, 0.2) is 24.4 Å². The summed E-state index contributed by atoms with van der Waals surface area (Å²) in [5, 5.41) is 10.4.